The summed E-state index contributed by atoms with van der Waals surface area (Å²) >= 11 is 0. The number of hydrogen-bond acceptors (Lipinski definition) is 2. The second kappa shape index (κ2) is 4.84. The van der Waals surface area contributed by atoms with Crippen molar-refractivity contribution in [3.05, 3.63) is 59.7 Å². The molecule has 0 radical (unpaired) electrons. The van der Waals surface area contributed by atoms with Gasteiger partial charge in [-0.1, -0.05) is 55.5 Å². The summed E-state index contributed by atoms with van der Waals surface area (Å²) in [6, 6.07) is 16.8. The van der Waals surface area contributed by atoms with E-state index >= 15 is 0 Å². The first-order valence-electron chi connectivity index (χ1n) is 6.61. The Bertz CT molecular complexity index is 681. The standard InChI is InChI=1S/C16H17N3/c1-12(2)14-9-7-13(8-10-14)11-19-16-6-4-3-5-15(16)17-18-19/h3-10,12H,11H2,1-2H3. The zero-order valence-corrected chi connectivity index (χ0v) is 11.2. The van der Waals surface area contributed by atoms with Gasteiger partial charge in [0.05, 0.1) is 12.1 Å². The summed E-state index contributed by atoms with van der Waals surface area (Å²) in [5.74, 6) is 0.571. The summed E-state index contributed by atoms with van der Waals surface area (Å²) in [5, 5.41) is 8.39. The molecule has 0 saturated heterocycles. The maximum absolute atomic E-state index is 4.21. The van der Waals surface area contributed by atoms with Crippen molar-refractivity contribution in [1.82, 2.24) is 15.0 Å². The Balaban J connectivity index is 1.88. The van der Waals surface area contributed by atoms with Gasteiger partial charge in [-0.2, -0.15) is 0 Å². The Morgan fingerprint density at radius 3 is 2.47 bits per heavy atom. The van der Waals surface area contributed by atoms with Crippen LogP contribution in [0.2, 0.25) is 0 Å². The second-order valence-electron chi connectivity index (χ2n) is 5.13. The fraction of sp³-hybridized carbons (Fsp3) is 0.250. The zero-order valence-electron chi connectivity index (χ0n) is 11.2. The van der Waals surface area contributed by atoms with E-state index in [1.165, 1.54) is 11.1 Å². The zero-order chi connectivity index (χ0) is 13.2. The van der Waals surface area contributed by atoms with Gasteiger partial charge in [-0.05, 0) is 29.2 Å². The molecule has 0 aliphatic heterocycles. The van der Waals surface area contributed by atoms with E-state index in [2.05, 4.69) is 54.5 Å². The highest BCUT2D eigenvalue weighted by atomic mass is 15.4. The molecule has 0 atom stereocenters. The summed E-state index contributed by atoms with van der Waals surface area (Å²) in [4.78, 5) is 0. The second-order valence-corrected chi connectivity index (χ2v) is 5.13. The first-order valence-corrected chi connectivity index (χ1v) is 6.61. The first-order chi connectivity index (χ1) is 9.24. The molecule has 3 heteroatoms. The number of benzene rings is 2. The summed E-state index contributed by atoms with van der Waals surface area (Å²) in [5.41, 5.74) is 4.64. The molecule has 96 valence electrons. The van der Waals surface area contributed by atoms with Crippen LogP contribution in [0.25, 0.3) is 11.0 Å². The molecular formula is C16H17N3. The molecule has 0 amide bonds. The molecule has 3 nitrogen and oxygen atoms in total. The van der Waals surface area contributed by atoms with Gasteiger partial charge in [-0.25, -0.2) is 4.68 Å². The van der Waals surface area contributed by atoms with E-state index in [0.29, 0.717) is 5.92 Å². The predicted molar refractivity (Wildman–Crippen MR) is 77.2 cm³/mol. The molecule has 0 saturated carbocycles. The monoisotopic (exact) mass is 251 g/mol. The van der Waals surface area contributed by atoms with Gasteiger partial charge < -0.3 is 0 Å². The first kappa shape index (κ1) is 11.9. The van der Waals surface area contributed by atoms with Crippen molar-refractivity contribution in [1.29, 1.82) is 0 Å². The number of fused-ring (bicyclic) bond motifs is 1. The van der Waals surface area contributed by atoms with E-state index < -0.39 is 0 Å². The SMILES string of the molecule is CC(C)c1ccc(Cn2nnc3ccccc32)cc1. The molecule has 0 aliphatic rings. The van der Waals surface area contributed by atoms with Crippen LogP contribution in [0, 0.1) is 0 Å². The van der Waals surface area contributed by atoms with Gasteiger partial charge in [-0.15, -0.1) is 5.10 Å². The summed E-state index contributed by atoms with van der Waals surface area (Å²) in [6.07, 6.45) is 0. The molecule has 0 spiro atoms. The van der Waals surface area contributed by atoms with Crippen LogP contribution in [0.5, 0.6) is 0 Å². The number of aromatic nitrogens is 3. The molecular weight excluding hydrogens is 234 g/mol. The van der Waals surface area contributed by atoms with E-state index in [1.807, 2.05) is 22.9 Å². The van der Waals surface area contributed by atoms with Crippen molar-refractivity contribution in [3.63, 3.8) is 0 Å². The number of hydrogen-bond donors (Lipinski definition) is 0. The molecule has 0 aliphatic carbocycles. The molecule has 3 aromatic rings. The normalized spacial score (nSPS) is 11.3. The maximum atomic E-state index is 4.21. The Kier molecular flexibility index (Phi) is 3.03. The Labute approximate surface area is 112 Å². The highest BCUT2D eigenvalue weighted by molar-refractivity contribution is 5.73. The third-order valence-electron chi connectivity index (χ3n) is 3.40. The van der Waals surface area contributed by atoms with E-state index in [9.17, 15) is 0 Å². The van der Waals surface area contributed by atoms with Crippen LogP contribution in [0.4, 0.5) is 0 Å². The van der Waals surface area contributed by atoms with Crippen molar-refractivity contribution >= 4 is 11.0 Å². The van der Waals surface area contributed by atoms with Gasteiger partial charge in [0.25, 0.3) is 0 Å². The van der Waals surface area contributed by atoms with Gasteiger partial charge >= 0.3 is 0 Å². The number of nitrogens with zero attached hydrogens (tertiary/aromatic N) is 3. The van der Waals surface area contributed by atoms with Gasteiger partial charge in [0.15, 0.2) is 0 Å². The van der Waals surface area contributed by atoms with E-state index in [-0.39, 0.29) is 0 Å². The topological polar surface area (TPSA) is 30.7 Å². The number of rotatable bonds is 3. The van der Waals surface area contributed by atoms with Crippen molar-refractivity contribution < 1.29 is 0 Å². The number of para-hydroxylation sites is 1. The van der Waals surface area contributed by atoms with Crippen LogP contribution >= 0.6 is 0 Å². The third kappa shape index (κ3) is 2.36. The summed E-state index contributed by atoms with van der Waals surface area (Å²) in [7, 11) is 0. The predicted octanol–water partition coefficient (Wildman–Crippen LogP) is 3.60. The largest absolute Gasteiger partial charge is 0.240 e. The van der Waals surface area contributed by atoms with Crippen LogP contribution in [-0.2, 0) is 6.54 Å². The van der Waals surface area contributed by atoms with Crippen LogP contribution in [0.1, 0.15) is 30.9 Å². The van der Waals surface area contributed by atoms with Crippen molar-refractivity contribution in [2.75, 3.05) is 0 Å². The van der Waals surface area contributed by atoms with E-state index in [0.717, 1.165) is 17.6 Å². The lowest BCUT2D eigenvalue weighted by molar-refractivity contribution is 0.669. The lowest BCUT2D eigenvalue weighted by atomic mass is 10.0. The average Bonchev–Trinajstić information content (AvgIpc) is 2.83. The quantitative estimate of drug-likeness (QED) is 0.712. The molecule has 19 heavy (non-hydrogen) atoms. The molecule has 0 bridgehead atoms. The van der Waals surface area contributed by atoms with E-state index in [1.54, 1.807) is 0 Å². The molecule has 0 N–H and O–H groups in total. The van der Waals surface area contributed by atoms with Crippen LogP contribution in [-0.4, -0.2) is 15.0 Å². The van der Waals surface area contributed by atoms with Crippen molar-refractivity contribution in [2.45, 2.75) is 26.3 Å². The van der Waals surface area contributed by atoms with Gasteiger partial charge in [0, 0.05) is 0 Å². The lowest BCUT2D eigenvalue weighted by Gasteiger charge is -2.07. The van der Waals surface area contributed by atoms with Crippen LogP contribution in [0.3, 0.4) is 0 Å². The smallest absolute Gasteiger partial charge is 0.113 e. The molecule has 3 rings (SSSR count). The molecule has 0 unspecified atom stereocenters. The van der Waals surface area contributed by atoms with Crippen molar-refractivity contribution in [2.24, 2.45) is 0 Å². The molecule has 1 aromatic heterocycles. The third-order valence-corrected chi connectivity index (χ3v) is 3.40. The van der Waals surface area contributed by atoms with Crippen LogP contribution < -0.4 is 0 Å². The highest BCUT2D eigenvalue weighted by Gasteiger charge is 2.04. The summed E-state index contributed by atoms with van der Waals surface area (Å²) < 4.78 is 1.94. The Morgan fingerprint density at radius 1 is 1.00 bits per heavy atom. The highest BCUT2D eigenvalue weighted by Crippen LogP contribution is 2.16. The van der Waals surface area contributed by atoms with Crippen LogP contribution in [0.15, 0.2) is 48.5 Å². The maximum Gasteiger partial charge on any atom is 0.113 e. The minimum atomic E-state index is 0.571. The fourth-order valence-corrected chi connectivity index (χ4v) is 2.22. The fourth-order valence-electron chi connectivity index (χ4n) is 2.22. The van der Waals surface area contributed by atoms with Crippen molar-refractivity contribution in [3.8, 4) is 0 Å². The molecule has 2 aromatic carbocycles. The van der Waals surface area contributed by atoms with Gasteiger partial charge in [0.2, 0.25) is 0 Å². The molecule has 1 heterocycles. The lowest BCUT2D eigenvalue weighted by Crippen LogP contribution is -2.02. The Morgan fingerprint density at radius 2 is 1.74 bits per heavy atom. The molecule has 0 fully saturated rings. The van der Waals surface area contributed by atoms with Gasteiger partial charge in [-0.3, -0.25) is 0 Å². The summed E-state index contributed by atoms with van der Waals surface area (Å²) in [6.45, 7) is 5.18. The minimum Gasteiger partial charge on any atom is -0.240 e. The van der Waals surface area contributed by atoms with Gasteiger partial charge in [0.1, 0.15) is 5.52 Å². The average molecular weight is 251 g/mol. The minimum absolute atomic E-state index is 0.571. The van der Waals surface area contributed by atoms with E-state index in [4.69, 9.17) is 0 Å². The Hall–Kier alpha value is -2.16.